The average Bonchev–Trinajstić information content (AvgIpc) is 3.02. The Labute approximate surface area is 116 Å². The fourth-order valence-corrected chi connectivity index (χ4v) is 2.74. The number of hydrogen-bond acceptors (Lipinski definition) is 3. The summed E-state index contributed by atoms with van der Waals surface area (Å²) < 4.78 is 28.9. The maximum Gasteiger partial charge on any atom is 0.184 e. The van der Waals surface area contributed by atoms with E-state index in [2.05, 4.69) is 9.97 Å². The molecule has 0 unspecified atom stereocenters. The van der Waals surface area contributed by atoms with Crippen molar-refractivity contribution >= 4 is 34.0 Å². The molecule has 1 aromatic carbocycles. The van der Waals surface area contributed by atoms with Gasteiger partial charge in [0.25, 0.3) is 0 Å². The molecule has 0 saturated heterocycles. The maximum absolute atomic E-state index is 13.9. The van der Waals surface area contributed by atoms with Crippen LogP contribution in [0.25, 0.3) is 11.0 Å². The smallest absolute Gasteiger partial charge is 0.184 e. The summed E-state index contributed by atoms with van der Waals surface area (Å²) in [6, 6.07) is 2.52. The second-order valence-corrected chi connectivity index (χ2v) is 5.18. The van der Waals surface area contributed by atoms with Crippen LogP contribution < -0.4 is 0 Å². The Balaban J connectivity index is 2.22. The largest absolute Gasteiger partial charge is 0.319 e. The van der Waals surface area contributed by atoms with Crippen LogP contribution in [0, 0.1) is 11.6 Å². The lowest BCUT2D eigenvalue weighted by Gasteiger charge is -2.06. The predicted octanol–water partition coefficient (Wildman–Crippen LogP) is 3.56. The lowest BCUT2D eigenvalue weighted by atomic mass is 10.3. The van der Waals surface area contributed by atoms with Gasteiger partial charge in [-0.1, -0.05) is 0 Å². The van der Waals surface area contributed by atoms with Crippen molar-refractivity contribution in [3.05, 3.63) is 46.2 Å². The number of alkyl halides is 1. The van der Waals surface area contributed by atoms with E-state index in [1.165, 1.54) is 17.4 Å². The lowest BCUT2D eigenvalue weighted by molar-refractivity contribution is 0.512. The molecule has 0 spiro atoms. The van der Waals surface area contributed by atoms with Crippen molar-refractivity contribution in [1.29, 1.82) is 0 Å². The third-order valence-corrected chi connectivity index (χ3v) is 3.80. The summed E-state index contributed by atoms with van der Waals surface area (Å²) in [7, 11) is 0. The van der Waals surface area contributed by atoms with Gasteiger partial charge in [0.15, 0.2) is 11.6 Å². The van der Waals surface area contributed by atoms with Gasteiger partial charge in [-0.05, 0) is 12.1 Å². The highest BCUT2D eigenvalue weighted by Gasteiger charge is 2.17. The molecule has 0 aliphatic carbocycles. The van der Waals surface area contributed by atoms with Gasteiger partial charge in [0, 0.05) is 11.1 Å². The second-order valence-electron chi connectivity index (χ2n) is 3.94. The molecule has 0 aliphatic rings. The number of nitrogens with zero attached hydrogens (tertiary/aromatic N) is 3. The molecule has 0 fully saturated rings. The van der Waals surface area contributed by atoms with Crippen LogP contribution in [-0.4, -0.2) is 14.5 Å². The van der Waals surface area contributed by atoms with Crippen molar-refractivity contribution in [3.8, 4) is 0 Å². The number of aromatic nitrogens is 3. The number of rotatable bonds is 3. The first-order chi connectivity index (χ1) is 9.20. The van der Waals surface area contributed by atoms with Gasteiger partial charge >= 0.3 is 0 Å². The highest BCUT2D eigenvalue weighted by Crippen LogP contribution is 2.24. The molecule has 0 radical (unpaired) electrons. The molecule has 3 aromatic rings. The molecular formula is C12H8ClF2N3S. The van der Waals surface area contributed by atoms with Crippen molar-refractivity contribution in [2.75, 3.05) is 0 Å². The Morgan fingerprint density at radius 3 is 2.84 bits per heavy atom. The molecular weight excluding hydrogens is 292 g/mol. The van der Waals surface area contributed by atoms with Crippen molar-refractivity contribution < 1.29 is 8.78 Å². The SMILES string of the molecule is Fc1ccc2nc(CCl)n(Cc3cncs3)c2c1F. The van der Waals surface area contributed by atoms with E-state index in [4.69, 9.17) is 11.6 Å². The third-order valence-electron chi connectivity index (χ3n) is 2.80. The lowest BCUT2D eigenvalue weighted by Crippen LogP contribution is -2.04. The van der Waals surface area contributed by atoms with Crippen LogP contribution in [-0.2, 0) is 12.4 Å². The highest BCUT2D eigenvalue weighted by molar-refractivity contribution is 7.09. The molecule has 2 aromatic heterocycles. The molecule has 98 valence electrons. The maximum atomic E-state index is 13.9. The molecule has 3 rings (SSSR count). The van der Waals surface area contributed by atoms with Crippen LogP contribution in [0.2, 0.25) is 0 Å². The van der Waals surface area contributed by atoms with E-state index in [1.807, 2.05) is 0 Å². The standard InChI is InChI=1S/C12H8ClF2N3S/c13-3-10-17-9-2-1-8(14)11(15)12(9)18(10)5-7-4-16-6-19-7/h1-2,4,6H,3,5H2. The van der Waals surface area contributed by atoms with E-state index in [0.29, 0.717) is 17.9 Å². The van der Waals surface area contributed by atoms with Gasteiger partial charge in [0.05, 0.1) is 23.5 Å². The summed E-state index contributed by atoms with van der Waals surface area (Å²) in [4.78, 5) is 9.11. The summed E-state index contributed by atoms with van der Waals surface area (Å²) in [6.07, 6.45) is 1.69. The predicted molar refractivity (Wildman–Crippen MR) is 70.4 cm³/mol. The van der Waals surface area contributed by atoms with Gasteiger partial charge < -0.3 is 4.57 Å². The van der Waals surface area contributed by atoms with Gasteiger partial charge in [-0.2, -0.15) is 0 Å². The normalized spacial score (nSPS) is 11.3. The Kier molecular flexibility index (Phi) is 3.20. The van der Waals surface area contributed by atoms with Crippen LogP contribution >= 0.6 is 22.9 Å². The first-order valence-corrected chi connectivity index (χ1v) is 6.88. The molecule has 3 nitrogen and oxygen atoms in total. The number of halogens is 3. The van der Waals surface area contributed by atoms with Gasteiger partial charge in [0.2, 0.25) is 0 Å². The van der Waals surface area contributed by atoms with E-state index in [-0.39, 0.29) is 11.4 Å². The topological polar surface area (TPSA) is 30.7 Å². The van der Waals surface area contributed by atoms with Crippen molar-refractivity contribution in [1.82, 2.24) is 14.5 Å². The van der Waals surface area contributed by atoms with E-state index < -0.39 is 11.6 Å². The molecule has 2 heterocycles. The zero-order valence-corrected chi connectivity index (χ0v) is 11.2. The number of hydrogen-bond donors (Lipinski definition) is 0. The summed E-state index contributed by atoms with van der Waals surface area (Å²) in [5, 5.41) is 0. The van der Waals surface area contributed by atoms with Crippen LogP contribution in [0.5, 0.6) is 0 Å². The molecule has 0 atom stereocenters. The van der Waals surface area contributed by atoms with Crippen LogP contribution in [0.1, 0.15) is 10.7 Å². The highest BCUT2D eigenvalue weighted by atomic mass is 35.5. The quantitative estimate of drug-likeness (QED) is 0.692. The van der Waals surface area contributed by atoms with Crippen molar-refractivity contribution in [3.63, 3.8) is 0 Å². The number of fused-ring (bicyclic) bond motifs is 1. The monoisotopic (exact) mass is 299 g/mol. The Bertz CT molecular complexity index is 724. The summed E-state index contributed by atoms with van der Waals surface area (Å²) in [5.41, 5.74) is 2.23. The minimum absolute atomic E-state index is 0.133. The number of imidazole rings is 1. The fourth-order valence-electron chi connectivity index (χ4n) is 1.95. The van der Waals surface area contributed by atoms with E-state index in [0.717, 1.165) is 10.9 Å². The summed E-state index contributed by atoms with van der Waals surface area (Å²) in [5.74, 6) is -1.14. The van der Waals surface area contributed by atoms with E-state index in [1.54, 1.807) is 16.3 Å². The molecule has 0 aliphatic heterocycles. The minimum atomic E-state index is -0.897. The van der Waals surface area contributed by atoms with Crippen LogP contribution in [0.3, 0.4) is 0 Å². The van der Waals surface area contributed by atoms with Crippen molar-refractivity contribution in [2.45, 2.75) is 12.4 Å². The van der Waals surface area contributed by atoms with Crippen LogP contribution in [0.4, 0.5) is 8.78 Å². The molecule has 0 saturated carbocycles. The second kappa shape index (κ2) is 4.86. The van der Waals surface area contributed by atoms with Gasteiger partial charge in [-0.15, -0.1) is 22.9 Å². The summed E-state index contributed by atoms with van der Waals surface area (Å²) in [6.45, 7) is 0.379. The zero-order valence-electron chi connectivity index (χ0n) is 9.61. The number of benzene rings is 1. The molecule has 19 heavy (non-hydrogen) atoms. The first kappa shape index (κ1) is 12.5. The Morgan fingerprint density at radius 2 is 2.16 bits per heavy atom. The molecule has 7 heteroatoms. The van der Waals surface area contributed by atoms with E-state index in [9.17, 15) is 8.78 Å². The van der Waals surface area contributed by atoms with Gasteiger partial charge in [-0.3, -0.25) is 4.98 Å². The Morgan fingerprint density at radius 1 is 1.32 bits per heavy atom. The molecule has 0 bridgehead atoms. The average molecular weight is 300 g/mol. The molecule has 0 N–H and O–H groups in total. The van der Waals surface area contributed by atoms with Crippen LogP contribution in [0.15, 0.2) is 23.8 Å². The zero-order chi connectivity index (χ0) is 13.4. The Hall–Kier alpha value is -1.53. The van der Waals surface area contributed by atoms with Gasteiger partial charge in [-0.25, -0.2) is 13.8 Å². The summed E-state index contributed by atoms with van der Waals surface area (Å²) >= 11 is 7.26. The minimum Gasteiger partial charge on any atom is -0.319 e. The van der Waals surface area contributed by atoms with Crippen molar-refractivity contribution in [2.24, 2.45) is 0 Å². The fraction of sp³-hybridized carbons (Fsp3) is 0.167. The number of thiazole rings is 1. The van der Waals surface area contributed by atoms with Gasteiger partial charge in [0.1, 0.15) is 11.3 Å². The first-order valence-electron chi connectivity index (χ1n) is 5.47. The third kappa shape index (κ3) is 2.11. The molecule has 0 amide bonds. The van der Waals surface area contributed by atoms with E-state index >= 15 is 0 Å².